The number of nitrogens with zero attached hydrogens (tertiary/aromatic N) is 4. The third-order valence-electron chi connectivity index (χ3n) is 6.15. The number of benzene rings is 2. The van der Waals surface area contributed by atoms with E-state index in [0.717, 1.165) is 37.0 Å². The lowest BCUT2D eigenvalue weighted by molar-refractivity contribution is 0.0930. The summed E-state index contributed by atoms with van der Waals surface area (Å²) in [5, 5.41) is 7.74. The molecule has 0 radical (unpaired) electrons. The number of aromatic nitrogens is 3. The fourth-order valence-electron chi connectivity index (χ4n) is 4.43. The van der Waals surface area contributed by atoms with Crippen molar-refractivity contribution in [3.8, 4) is 5.75 Å². The molecule has 0 spiro atoms. The Morgan fingerprint density at radius 1 is 1.12 bits per heavy atom. The normalized spacial score (nSPS) is 14.7. The predicted octanol–water partition coefficient (Wildman–Crippen LogP) is 4.51. The van der Waals surface area contributed by atoms with E-state index in [1.165, 1.54) is 11.1 Å². The number of fused-ring (bicyclic) bond motifs is 2. The quantitative estimate of drug-likeness (QED) is 0.415. The Hall–Kier alpha value is -3.94. The van der Waals surface area contributed by atoms with Crippen molar-refractivity contribution in [2.24, 2.45) is 5.10 Å². The zero-order valence-electron chi connectivity index (χ0n) is 19.2. The first-order valence-electron chi connectivity index (χ1n) is 11.8. The molecule has 2 aromatic carbocycles. The SMILES string of the molecule is CCOc1ccc(C=Nn2c(N)c(C(=O)NC3CCCCC3)c3nc4ccccc4nc32)cc1. The summed E-state index contributed by atoms with van der Waals surface area (Å²) in [5.41, 5.74) is 10.0. The van der Waals surface area contributed by atoms with Crippen LogP contribution in [0.2, 0.25) is 0 Å². The van der Waals surface area contributed by atoms with Gasteiger partial charge in [-0.15, -0.1) is 0 Å². The maximum atomic E-state index is 13.3. The van der Waals surface area contributed by atoms with Crippen LogP contribution in [0, 0.1) is 0 Å². The highest BCUT2D eigenvalue weighted by Gasteiger charge is 2.26. The molecule has 8 nitrogen and oxygen atoms in total. The second kappa shape index (κ2) is 9.51. The van der Waals surface area contributed by atoms with E-state index in [1.807, 2.05) is 55.5 Å². The standard InChI is InChI=1S/C26H28N6O2/c1-2-34-19-14-12-17(13-15-19)16-28-32-24(27)22(26(33)29-18-8-4-3-5-9-18)23-25(32)31-21-11-7-6-10-20(21)30-23/h6-7,10-16,18H,2-5,8-9,27H2,1H3,(H,29,33). The van der Waals surface area contributed by atoms with Crippen molar-refractivity contribution >= 4 is 40.1 Å². The summed E-state index contributed by atoms with van der Waals surface area (Å²) in [6, 6.07) is 15.3. The van der Waals surface area contributed by atoms with Gasteiger partial charge in [0.2, 0.25) is 0 Å². The summed E-state index contributed by atoms with van der Waals surface area (Å²) in [5.74, 6) is 0.791. The minimum absolute atomic E-state index is 0.153. The molecule has 0 bridgehead atoms. The van der Waals surface area contributed by atoms with Crippen LogP contribution in [-0.4, -0.2) is 39.4 Å². The van der Waals surface area contributed by atoms with Crippen LogP contribution >= 0.6 is 0 Å². The molecule has 5 rings (SSSR count). The number of nitrogens with two attached hydrogens (primary N) is 1. The van der Waals surface area contributed by atoms with Gasteiger partial charge in [-0.25, -0.2) is 9.97 Å². The highest BCUT2D eigenvalue weighted by atomic mass is 16.5. The molecule has 1 amide bonds. The number of rotatable bonds is 6. The van der Waals surface area contributed by atoms with Crippen molar-refractivity contribution in [1.82, 2.24) is 20.0 Å². The number of ether oxygens (including phenoxy) is 1. The van der Waals surface area contributed by atoms with E-state index in [0.29, 0.717) is 34.4 Å². The Kier molecular flexibility index (Phi) is 6.12. The van der Waals surface area contributed by atoms with E-state index in [1.54, 1.807) is 6.21 Å². The van der Waals surface area contributed by atoms with Crippen molar-refractivity contribution in [2.75, 3.05) is 12.3 Å². The molecule has 34 heavy (non-hydrogen) atoms. The lowest BCUT2D eigenvalue weighted by Gasteiger charge is -2.22. The average Bonchev–Trinajstić information content (AvgIpc) is 3.13. The zero-order chi connectivity index (χ0) is 23.5. The van der Waals surface area contributed by atoms with Gasteiger partial charge in [0.15, 0.2) is 5.65 Å². The van der Waals surface area contributed by atoms with Crippen molar-refractivity contribution in [2.45, 2.75) is 45.1 Å². The summed E-state index contributed by atoms with van der Waals surface area (Å²) in [7, 11) is 0. The second-order valence-corrected chi connectivity index (χ2v) is 8.51. The van der Waals surface area contributed by atoms with Crippen LogP contribution in [-0.2, 0) is 0 Å². The number of carbonyl (C=O) groups is 1. The van der Waals surface area contributed by atoms with Gasteiger partial charge in [-0.05, 0) is 61.7 Å². The van der Waals surface area contributed by atoms with Crippen molar-refractivity contribution in [3.05, 3.63) is 59.7 Å². The number of carbonyl (C=O) groups excluding carboxylic acids is 1. The van der Waals surface area contributed by atoms with Crippen LogP contribution < -0.4 is 15.8 Å². The van der Waals surface area contributed by atoms with Gasteiger partial charge in [0.05, 0.1) is 23.9 Å². The molecule has 0 atom stereocenters. The van der Waals surface area contributed by atoms with Crippen molar-refractivity contribution in [3.63, 3.8) is 0 Å². The number of para-hydroxylation sites is 2. The minimum Gasteiger partial charge on any atom is -0.494 e. The Bertz CT molecular complexity index is 1350. The Morgan fingerprint density at radius 2 is 1.82 bits per heavy atom. The second-order valence-electron chi connectivity index (χ2n) is 8.51. The Balaban J connectivity index is 1.56. The number of hydrogen-bond donors (Lipinski definition) is 2. The topological polar surface area (TPSA) is 107 Å². The van der Waals surface area contributed by atoms with E-state index >= 15 is 0 Å². The molecule has 4 aromatic rings. The molecule has 0 saturated heterocycles. The summed E-state index contributed by atoms with van der Waals surface area (Å²) in [6.45, 7) is 2.56. The Morgan fingerprint density at radius 3 is 2.53 bits per heavy atom. The minimum atomic E-state index is -0.228. The van der Waals surface area contributed by atoms with E-state index in [-0.39, 0.29) is 17.8 Å². The molecule has 1 saturated carbocycles. The van der Waals surface area contributed by atoms with Gasteiger partial charge >= 0.3 is 0 Å². The van der Waals surface area contributed by atoms with Gasteiger partial charge in [-0.1, -0.05) is 31.4 Å². The van der Waals surface area contributed by atoms with Crippen LogP contribution in [0.3, 0.4) is 0 Å². The molecular weight excluding hydrogens is 428 g/mol. The largest absolute Gasteiger partial charge is 0.494 e. The molecule has 0 aliphatic heterocycles. The summed E-state index contributed by atoms with van der Waals surface area (Å²) in [6.07, 6.45) is 7.11. The van der Waals surface area contributed by atoms with Crippen molar-refractivity contribution in [1.29, 1.82) is 0 Å². The van der Waals surface area contributed by atoms with Gasteiger partial charge in [0.1, 0.15) is 22.6 Å². The Labute approximate surface area is 197 Å². The summed E-state index contributed by atoms with van der Waals surface area (Å²) in [4.78, 5) is 22.8. The first-order chi connectivity index (χ1) is 16.6. The van der Waals surface area contributed by atoms with E-state index in [9.17, 15) is 4.79 Å². The average molecular weight is 457 g/mol. The van der Waals surface area contributed by atoms with Crippen LogP contribution in [0.15, 0.2) is 53.6 Å². The first kappa shape index (κ1) is 21.9. The van der Waals surface area contributed by atoms with Crippen LogP contribution in [0.25, 0.3) is 22.2 Å². The number of anilines is 1. The van der Waals surface area contributed by atoms with Gasteiger partial charge in [-0.2, -0.15) is 9.78 Å². The van der Waals surface area contributed by atoms with Crippen molar-refractivity contribution < 1.29 is 9.53 Å². The molecule has 1 aliphatic rings. The molecule has 1 fully saturated rings. The molecule has 174 valence electrons. The predicted molar refractivity (Wildman–Crippen MR) is 134 cm³/mol. The van der Waals surface area contributed by atoms with Crippen LogP contribution in [0.1, 0.15) is 54.9 Å². The number of nitrogen functional groups attached to an aromatic ring is 1. The summed E-state index contributed by atoms with van der Waals surface area (Å²) < 4.78 is 7.00. The maximum absolute atomic E-state index is 13.3. The van der Waals surface area contributed by atoms with Gasteiger partial charge in [0.25, 0.3) is 5.91 Å². The van der Waals surface area contributed by atoms with Gasteiger partial charge < -0.3 is 15.8 Å². The smallest absolute Gasteiger partial charge is 0.257 e. The first-order valence-corrected chi connectivity index (χ1v) is 11.8. The molecule has 2 heterocycles. The highest BCUT2D eigenvalue weighted by molar-refractivity contribution is 6.10. The number of nitrogens with one attached hydrogen (secondary N) is 1. The monoisotopic (exact) mass is 456 g/mol. The molecule has 2 aromatic heterocycles. The number of hydrogen-bond acceptors (Lipinski definition) is 6. The van der Waals surface area contributed by atoms with Gasteiger partial charge in [0, 0.05) is 6.04 Å². The highest BCUT2D eigenvalue weighted by Crippen LogP contribution is 2.28. The fraction of sp³-hybridized carbons (Fsp3) is 0.308. The van der Waals surface area contributed by atoms with E-state index < -0.39 is 0 Å². The maximum Gasteiger partial charge on any atom is 0.257 e. The molecule has 3 N–H and O–H groups in total. The lowest BCUT2D eigenvalue weighted by atomic mass is 9.95. The fourth-order valence-corrected chi connectivity index (χ4v) is 4.43. The summed E-state index contributed by atoms with van der Waals surface area (Å²) >= 11 is 0. The van der Waals surface area contributed by atoms with E-state index in [2.05, 4.69) is 10.4 Å². The molecule has 0 unspecified atom stereocenters. The third-order valence-corrected chi connectivity index (χ3v) is 6.15. The number of amides is 1. The molecule has 8 heteroatoms. The molecular formula is C26H28N6O2. The zero-order valence-corrected chi connectivity index (χ0v) is 19.2. The van der Waals surface area contributed by atoms with Crippen LogP contribution in [0.4, 0.5) is 5.82 Å². The third kappa shape index (κ3) is 4.31. The van der Waals surface area contributed by atoms with E-state index in [4.69, 9.17) is 20.4 Å². The van der Waals surface area contributed by atoms with Crippen LogP contribution in [0.5, 0.6) is 5.75 Å². The molecule has 1 aliphatic carbocycles. The lowest BCUT2D eigenvalue weighted by Crippen LogP contribution is -2.36. The van der Waals surface area contributed by atoms with Gasteiger partial charge in [-0.3, -0.25) is 4.79 Å².